The van der Waals surface area contributed by atoms with Crippen molar-refractivity contribution in [2.24, 2.45) is 0 Å². The third-order valence-corrected chi connectivity index (χ3v) is 1.27. The summed E-state index contributed by atoms with van der Waals surface area (Å²) in [5, 5.41) is 2.35. The van der Waals surface area contributed by atoms with Gasteiger partial charge >= 0.3 is 0 Å². The smallest absolute Gasteiger partial charge is 0.245 e. The fourth-order valence-electron chi connectivity index (χ4n) is 0.461. The molecule has 0 aromatic heterocycles. The minimum absolute atomic E-state index is 0.0344. The molecule has 0 fully saturated rings. The van der Waals surface area contributed by atoms with Crippen molar-refractivity contribution < 1.29 is 9.59 Å². The first kappa shape index (κ1) is 10.4. The van der Waals surface area contributed by atoms with Crippen LogP contribution in [-0.4, -0.2) is 30.3 Å². The van der Waals surface area contributed by atoms with Gasteiger partial charge in [-0.15, -0.1) is 0 Å². The van der Waals surface area contributed by atoms with Crippen molar-refractivity contribution in [2.75, 3.05) is 13.6 Å². The standard InChI is InChI=1S/C8H12N2O2/c1-4-7(11)9-6-8(12)10(3)5-2/h4-5H,1-2,6H2,3H3,(H,9,11). The molecule has 0 aromatic rings. The highest BCUT2D eigenvalue weighted by atomic mass is 16.2. The Labute approximate surface area is 71.5 Å². The van der Waals surface area contributed by atoms with E-state index >= 15 is 0 Å². The van der Waals surface area contributed by atoms with Crippen molar-refractivity contribution in [3.63, 3.8) is 0 Å². The van der Waals surface area contributed by atoms with E-state index in [2.05, 4.69) is 18.5 Å². The average Bonchev–Trinajstić information content (AvgIpc) is 2.11. The van der Waals surface area contributed by atoms with Crippen molar-refractivity contribution in [1.82, 2.24) is 10.2 Å². The van der Waals surface area contributed by atoms with Crippen LogP contribution in [0.15, 0.2) is 25.4 Å². The number of hydrogen-bond acceptors (Lipinski definition) is 2. The third kappa shape index (κ3) is 3.55. The molecule has 0 aliphatic rings. The number of hydrogen-bond donors (Lipinski definition) is 1. The quantitative estimate of drug-likeness (QED) is 0.595. The Morgan fingerprint density at radius 1 is 1.50 bits per heavy atom. The summed E-state index contributed by atoms with van der Waals surface area (Å²) < 4.78 is 0. The Kier molecular flexibility index (Phi) is 4.45. The van der Waals surface area contributed by atoms with Crippen molar-refractivity contribution in [3.8, 4) is 0 Å². The average molecular weight is 168 g/mol. The molecule has 4 heteroatoms. The zero-order chi connectivity index (χ0) is 9.56. The maximum atomic E-state index is 11.0. The SMILES string of the molecule is C=CC(=O)NCC(=O)N(C)C=C. The number of amides is 2. The predicted octanol–water partition coefficient (Wildman–Crippen LogP) is -0.110. The van der Waals surface area contributed by atoms with E-state index in [0.717, 1.165) is 6.08 Å². The lowest BCUT2D eigenvalue weighted by atomic mass is 10.5. The molecular formula is C8H12N2O2. The van der Waals surface area contributed by atoms with Crippen LogP contribution in [0.4, 0.5) is 0 Å². The Morgan fingerprint density at radius 2 is 2.08 bits per heavy atom. The predicted molar refractivity (Wildman–Crippen MR) is 46.2 cm³/mol. The molecule has 1 N–H and O–H groups in total. The molecule has 0 radical (unpaired) electrons. The van der Waals surface area contributed by atoms with Crippen molar-refractivity contribution in [3.05, 3.63) is 25.4 Å². The summed E-state index contributed by atoms with van der Waals surface area (Å²) in [7, 11) is 1.56. The summed E-state index contributed by atoms with van der Waals surface area (Å²) in [6, 6.07) is 0. The van der Waals surface area contributed by atoms with Gasteiger partial charge in [-0.2, -0.15) is 0 Å². The van der Waals surface area contributed by atoms with Crippen LogP contribution in [-0.2, 0) is 9.59 Å². The lowest BCUT2D eigenvalue weighted by molar-refractivity contribution is -0.128. The number of nitrogens with zero attached hydrogens (tertiary/aromatic N) is 1. The zero-order valence-electron chi connectivity index (χ0n) is 7.04. The number of rotatable bonds is 4. The van der Waals surface area contributed by atoms with Crippen LogP contribution in [0.5, 0.6) is 0 Å². The van der Waals surface area contributed by atoms with Crippen molar-refractivity contribution in [2.45, 2.75) is 0 Å². The maximum Gasteiger partial charge on any atom is 0.245 e. The lowest BCUT2D eigenvalue weighted by Crippen LogP contribution is -2.34. The lowest BCUT2D eigenvalue weighted by Gasteiger charge is -2.10. The second kappa shape index (κ2) is 5.12. The van der Waals surface area contributed by atoms with Gasteiger partial charge in [0.05, 0.1) is 6.54 Å². The first-order chi connectivity index (χ1) is 5.61. The van der Waals surface area contributed by atoms with E-state index in [1.165, 1.54) is 11.1 Å². The van der Waals surface area contributed by atoms with Crippen LogP contribution in [0.25, 0.3) is 0 Å². The highest BCUT2D eigenvalue weighted by Gasteiger charge is 2.04. The van der Waals surface area contributed by atoms with Crippen LogP contribution in [0, 0.1) is 0 Å². The molecule has 0 atom stereocenters. The molecule has 4 nitrogen and oxygen atoms in total. The number of nitrogens with one attached hydrogen (secondary N) is 1. The summed E-state index contributed by atoms with van der Waals surface area (Å²) in [5.74, 6) is -0.582. The molecule has 0 saturated heterocycles. The van der Waals surface area contributed by atoms with Crippen LogP contribution >= 0.6 is 0 Å². The summed E-state index contributed by atoms with van der Waals surface area (Å²) in [6.45, 7) is 6.61. The van der Waals surface area contributed by atoms with Crippen LogP contribution in [0.3, 0.4) is 0 Å². The minimum Gasteiger partial charge on any atom is -0.343 e. The fraction of sp³-hybridized carbons (Fsp3) is 0.250. The van der Waals surface area contributed by atoms with E-state index in [4.69, 9.17) is 0 Å². The summed E-state index contributed by atoms with van der Waals surface area (Å²) in [6.07, 6.45) is 2.49. The zero-order valence-corrected chi connectivity index (χ0v) is 7.04. The van der Waals surface area contributed by atoms with Gasteiger partial charge in [-0.05, 0) is 12.3 Å². The Bertz CT molecular complexity index is 211. The largest absolute Gasteiger partial charge is 0.343 e. The number of carbonyl (C=O) groups excluding carboxylic acids is 2. The Morgan fingerprint density at radius 3 is 2.50 bits per heavy atom. The molecule has 0 unspecified atom stereocenters. The van der Waals surface area contributed by atoms with Gasteiger partial charge in [0.25, 0.3) is 0 Å². The molecule has 12 heavy (non-hydrogen) atoms. The molecule has 0 aliphatic carbocycles. The minimum atomic E-state index is -0.360. The van der Waals surface area contributed by atoms with Gasteiger partial charge in [-0.1, -0.05) is 13.2 Å². The van der Waals surface area contributed by atoms with E-state index < -0.39 is 0 Å². The van der Waals surface area contributed by atoms with Gasteiger partial charge in [-0.25, -0.2) is 0 Å². The van der Waals surface area contributed by atoms with E-state index in [1.807, 2.05) is 0 Å². The second-order valence-electron chi connectivity index (χ2n) is 2.11. The van der Waals surface area contributed by atoms with Gasteiger partial charge in [0.2, 0.25) is 11.8 Å². The van der Waals surface area contributed by atoms with Gasteiger partial charge in [-0.3, -0.25) is 9.59 Å². The van der Waals surface area contributed by atoms with E-state index in [0.29, 0.717) is 0 Å². The normalized spacial score (nSPS) is 8.42. The van der Waals surface area contributed by atoms with Crippen molar-refractivity contribution in [1.29, 1.82) is 0 Å². The monoisotopic (exact) mass is 168 g/mol. The van der Waals surface area contributed by atoms with E-state index in [1.54, 1.807) is 7.05 Å². The van der Waals surface area contributed by atoms with Gasteiger partial charge in [0.15, 0.2) is 0 Å². The van der Waals surface area contributed by atoms with Gasteiger partial charge in [0, 0.05) is 7.05 Å². The number of carbonyl (C=O) groups is 2. The molecule has 0 spiro atoms. The highest BCUT2D eigenvalue weighted by Crippen LogP contribution is 1.82. The number of likely N-dealkylation sites (N-methyl/N-ethyl adjacent to an activating group) is 1. The van der Waals surface area contributed by atoms with E-state index in [-0.39, 0.29) is 18.4 Å². The fourth-order valence-corrected chi connectivity index (χ4v) is 0.461. The summed E-state index contributed by atoms with van der Waals surface area (Å²) in [4.78, 5) is 22.9. The topological polar surface area (TPSA) is 49.4 Å². The Balaban J connectivity index is 3.78. The highest BCUT2D eigenvalue weighted by molar-refractivity contribution is 5.90. The van der Waals surface area contributed by atoms with Gasteiger partial charge in [0.1, 0.15) is 0 Å². The molecule has 2 amide bonds. The van der Waals surface area contributed by atoms with Crippen molar-refractivity contribution >= 4 is 11.8 Å². The second-order valence-corrected chi connectivity index (χ2v) is 2.11. The molecule has 66 valence electrons. The summed E-state index contributed by atoms with van der Waals surface area (Å²) >= 11 is 0. The van der Waals surface area contributed by atoms with Crippen LogP contribution in [0.2, 0.25) is 0 Å². The van der Waals surface area contributed by atoms with Crippen LogP contribution < -0.4 is 5.32 Å². The molecule has 0 rings (SSSR count). The third-order valence-electron chi connectivity index (χ3n) is 1.27. The molecule has 0 aromatic carbocycles. The molecule has 0 heterocycles. The molecule has 0 aliphatic heterocycles. The first-order valence-corrected chi connectivity index (χ1v) is 3.40. The first-order valence-electron chi connectivity index (χ1n) is 3.40. The van der Waals surface area contributed by atoms with Crippen LogP contribution in [0.1, 0.15) is 0 Å². The molecule has 0 bridgehead atoms. The maximum absolute atomic E-state index is 11.0. The molecule has 0 saturated carbocycles. The van der Waals surface area contributed by atoms with E-state index in [9.17, 15) is 9.59 Å². The molecular weight excluding hydrogens is 156 g/mol. The van der Waals surface area contributed by atoms with Gasteiger partial charge < -0.3 is 10.2 Å². The summed E-state index contributed by atoms with van der Waals surface area (Å²) in [5.41, 5.74) is 0. The Hall–Kier alpha value is -1.58.